The second-order valence-electron chi connectivity index (χ2n) is 6.69. The van der Waals surface area contributed by atoms with Gasteiger partial charge in [-0.3, -0.25) is 4.79 Å². The number of halogens is 2. The SMILES string of the molecule is CC(=O)N1CCCCC2C(Nc3nc(-c4ccc(Cl)cc4Cl)cs3)C21. The summed E-state index contributed by atoms with van der Waals surface area (Å²) in [6.45, 7) is 2.54. The van der Waals surface area contributed by atoms with Crippen LogP contribution in [-0.4, -0.2) is 34.4 Å². The normalized spacial score (nSPS) is 25.2. The largest absolute Gasteiger partial charge is 0.356 e. The molecule has 3 unspecified atom stereocenters. The highest BCUT2D eigenvalue weighted by Crippen LogP contribution is 2.45. The van der Waals surface area contributed by atoms with Crippen molar-refractivity contribution in [1.82, 2.24) is 9.88 Å². The van der Waals surface area contributed by atoms with E-state index in [2.05, 4.69) is 10.3 Å². The van der Waals surface area contributed by atoms with Crippen LogP contribution in [0, 0.1) is 5.92 Å². The maximum Gasteiger partial charge on any atom is 0.219 e. The zero-order chi connectivity index (χ0) is 17.6. The number of nitrogens with one attached hydrogen (secondary N) is 1. The Bertz CT molecular complexity index is 809. The molecule has 1 N–H and O–H groups in total. The maximum atomic E-state index is 11.9. The molecule has 2 aliphatic rings. The van der Waals surface area contributed by atoms with Crippen molar-refractivity contribution in [3.05, 3.63) is 33.6 Å². The number of amides is 1. The third-order valence-corrected chi connectivity index (χ3v) is 6.40. The average molecular weight is 396 g/mol. The van der Waals surface area contributed by atoms with Crippen LogP contribution >= 0.6 is 34.5 Å². The fraction of sp³-hybridized carbons (Fsp3) is 0.444. The Morgan fingerprint density at radius 3 is 2.96 bits per heavy atom. The summed E-state index contributed by atoms with van der Waals surface area (Å²) < 4.78 is 0. The predicted octanol–water partition coefficient (Wildman–Crippen LogP) is 4.93. The molecule has 2 aromatic rings. The lowest BCUT2D eigenvalue weighted by atomic mass is 10.2. The molecule has 1 saturated carbocycles. The quantitative estimate of drug-likeness (QED) is 0.800. The molecule has 3 atom stereocenters. The summed E-state index contributed by atoms with van der Waals surface area (Å²) in [5, 5.41) is 7.63. The van der Waals surface area contributed by atoms with Crippen LogP contribution < -0.4 is 5.32 Å². The Morgan fingerprint density at radius 2 is 2.20 bits per heavy atom. The molecular weight excluding hydrogens is 377 g/mol. The summed E-state index contributed by atoms with van der Waals surface area (Å²) in [7, 11) is 0. The lowest BCUT2D eigenvalue weighted by Gasteiger charge is -2.20. The first-order chi connectivity index (χ1) is 12.0. The van der Waals surface area contributed by atoms with Crippen LogP contribution in [0.15, 0.2) is 23.6 Å². The van der Waals surface area contributed by atoms with E-state index in [-0.39, 0.29) is 5.91 Å². The second kappa shape index (κ2) is 6.78. The van der Waals surface area contributed by atoms with Crippen molar-refractivity contribution < 1.29 is 4.79 Å². The van der Waals surface area contributed by atoms with Gasteiger partial charge in [-0.25, -0.2) is 4.98 Å². The molecule has 1 aliphatic carbocycles. The fourth-order valence-corrected chi connectivity index (χ4v) is 5.07. The molecule has 4 rings (SSSR count). The number of nitrogens with zero attached hydrogens (tertiary/aromatic N) is 2. The maximum absolute atomic E-state index is 11.9. The van der Waals surface area contributed by atoms with Gasteiger partial charge in [-0.1, -0.05) is 29.6 Å². The molecule has 7 heteroatoms. The van der Waals surface area contributed by atoms with E-state index in [0.29, 0.717) is 28.0 Å². The zero-order valence-corrected chi connectivity index (χ0v) is 16.2. The molecule has 2 fully saturated rings. The van der Waals surface area contributed by atoms with Gasteiger partial charge in [0.25, 0.3) is 0 Å². The van der Waals surface area contributed by atoms with Gasteiger partial charge in [-0.2, -0.15) is 0 Å². The van der Waals surface area contributed by atoms with Gasteiger partial charge in [0.15, 0.2) is 5.13 Å². The van der Waals surface area contributed by atoms with Crippen LogP contribution in [0.25, 0.3) is 11.3 Å². The van der Waals surface area contributed by atoms with Crippen molar-refractivity contribution in [2.24, 2.45) is 5.92 Å². The lowest BCUT2D eigenvalue weighted by Crippen LogP contribution is -2.34. The number of fused-ring (bicyclic) bond motifs is 1. The lowest BCUT2D eigenvalue weighted by molar-refractivity contribution is -0.129. The molecule has 0 spiro atoms. The van der Waals surface area contributed by atoms with Crippen LogP contribution in [0.2, 0.25) is 10.0 Å². The molecular formula is C18H19Cl2N3OS. The molecule has 132 valence electrons. The molecule has 25 heavy (non-hydrogen) atoms. The monoisotopic (exact) mass is 395 g/mol. The first-order valence-electron chi connectivity index (χ1n) is 8.49. The van der Waals surface area contributed by atoms with E-state index in [1.54, 1.807) is 24.3 Å². The van der Waals surface area contributed by atoms with Crippen molar-refractivity contribution in [2.75, 3.05) is 11.9 Å². The molecule has 0 radical (unpaired) electrons. The van der Waals surface area contributed by atoms with E-state index in [1.807, 2.05) is 22.4 Å². The van der Waals surface area contributed by atoms with E-state index >= 15 is 0 Å². The van der Waals surface area contributed by atoms with E-state index in [1.165, 1.54) is 12.8 Å². The number of anilines is 1. The van der Waals surface area contributed by atoms with Gasteiger partial charge in [0.2, 0.25) is 5.91 Å². The van der Waals surface area contributed by atoms with Crippen molar-refractivity contribution in [1.29, 1.82) is 0 Å². The molecule has 0 bridgehead atoms. The molecule has 4 nitrogen and oxygen atoms in total. The minimum Gasteiger partial charge on any atom is -0.356 e. The second-order valence-corrected chi connectivity index (χ2v) is 8.40. The number of carbonyl (C=O) groups excluding carboxylic acids is 1. The van der Waals surface area contributed by atoms with Crippen LogP contribution in [0.4, 0.5) is 5.13 Å². The van der Waals surface area contributed by atoms with Gasteiger partial charge in [-0.15, -0.1) is 11.3 Å². The van der Waals surface area contributed by atoms with Crippen molar-refractivity contribution in [3.63, 3.8) is 0 Å². The van der Waals surface area contributed by atoms with Gasteiger partial charge in [-0.05, 0) is 31.0 Å². The molecule has 1 aromatic carbocycles. The minimum atomic E-state index is 0.175. The number of aromatic nitrogens is 1. The number of benzene rings is 1. The van der Waals surface area contributed by atoms with Crippen molar-refractivity contribution in [2.45, 2.75) is 38.3 Å². The predicted molar refractivity (Wildman–Crippen MR) is 103 cm³/mol. The standard InChI is InChI=1S/C18H19Cl2N3OS/c1-10(24)23-7-3-2-4-13-16(17(13)23)22-18-21-15(9-25-18)12-6-5-11(19)8-14(12)20/h5-6,8-9,13,16-17H,2-4,7H2,1H3,(H,21,22). The van der Waals surface area contributed by atoms with Crippen LogP contribution in [0.3, 0.4) is 0 Å². The van der Waals surface area contributed by atoms with Gasteiger partial charge >= 0.3 is 0 Å². The Labute approximate surface area is 161 Å². The van der Waals surface area contributed by atoms with Crippen LogP contribution in [0.5, 0.6) is 0 Å². The molecule has 1 aliphatic heterocycles. The van der Waals surface area contributed by atoms with E-state index in [0.717, 1.165) is 29.4 Å². The summed E-state index contributed by atoms with van der Waals surface area (Å²) in [4.78, 5) is 18.6. The van der Waals surface area contributed by atoms with E-state index in [9.17, 15) is 4.79 Å². The Kier molecular flexibility index (Phi) is 4.65. The topological polar surface area (TPSA) is 45.2 Å². The first-order valence-corrected chi connectivity index (χ1v) is 10.1. The molecule has 1 amide bonds. The summed E-state index contributed by atoms with van der Waals surface area (Å²) in [5.74, 6) is 0.715. The number of hydrogen-bond acceptors (Lipinski definition) is 4. The third-order valence-electron chi connectivity index (χ3n) is 5.08. The number of thiazole rings is 1. The van der Waals surface area contributed by atoms with E-state index in [4.69, 9.17) is 23.2 Å². The number of likely N-dealkylation sites (tertiary alicyclic amines) is 1. The zero-order valence-electron chi connectivity index (χ0n) is 13.8. The summed E-state index contributed by atoms with van der Waals surface area (Å²) in [5.41, 5.74) is 1.73. The third kappa shape index (κ3) is 3.37. The summed E-state index contributed by atoms with van der Waals surface area (Å²) >= 11 is 13.8. The minimum absolute atomic E-state index is 0.175. The number of hydrogen-bond donors (Lipinski definition) is 1. The molecule has 2 heterocycles. The van der Waals surface area contributed by atoms with Gasteiger partial charge in [0.1, 0.15) is 0 Å². The first kappa shape index (κ1) is 17.1. The van der Waals surface area contributed by atoms with Gasteiger partial charge in [0, 0.05) is 35.4 Å². The van der Waals surface area contributed by atoms with Gasteiger partial charge in [0.05, 0.1) is 22.8 Å². The van der Waals surface area contributed by atoms with Crippen LogP contribution in [-0.2, 0) is 4.79 Å². The smallest absolute Gasteiger partial charge is 0.219 e. The van der Waals surface area contributed by atoms with Gasteiger partial charge < -0.3 is 10.2 Å². The highest BCUT2D eigenvalue weighted by molar-refractivity contribution is 7.14. The summed E-state index contributed by atoms with van der Waals surface area (Å²) in [6.07, 6.45) is 3.47. The number of rotatable bonds is 3. The highest BCUT2D eigenvalue weighted by Gasteiger charge is 2.55. The Hall–Kier alpha value is -1.30. The Morgan fingerprint density at radius 1 is 1.36 bits per heavy atom. The molecule has 1 saturated heterocycles. The highest BCUT2D eigenvalue weighted by atomic mass is 35.5. The molecule has 1 aromatic heterocycles. The number of carbonyl (C=O) groups is 1. The van der Waals surface area contributed by atoms with Crippen LogP contribution in [0.1, 0.15) is 26.2 Å². The Balaban J connectivity index is 1.49. The van der Waals surface area contributed by atoms with Crippen molar-refractivity contribution in [3.8, 4) is 11.3 Å². The fourth-order valence-electron chi connectivity index (χ4n) is 3.81. The average Bonchev–Trinajstić information content (AvgIpc) is 3.09. The van der Waals surface area contributed by atoms with Crippen molar-refractivity contribution >= 4 is 45.6 Å². The van der Waals surface area contributed by atoms with E-state index < -0.39 is 0 Å². The summed E-state index contributed by atoms with van der Waals surface area (Å²) in [6, 6.07) is 6.06.